The summed E-state index contributed by atoms with van der Waals surface area (Å²) in [5.74, 6) is 0. The largest absolute Gasteiger partial charge is 0.310 e. The first kappa shape index (κ1) is 36.0. The van der Waals surface area contributed by atoms with Gasteiger partial charge in [0, 0.05) is 43.4 Å². The van der Waals surface area contributed by atoms with Crippen LogP contribution in [0, 0.1) is 0 Å². The van der Waals surface area contributed by atoms with E-state index in [0.717, 1.165) is 0 Å². The maximum absolute atomic E-state index is 2.71. The standard InChI is InChI=1S/C66H36BN3/c1-7-19-43-37(13-1)26-30-52-57(43)49-29-25-40-16-4-12-24-48(40)63(49)69(52)56-34-33-55-62-66(56)70-54-32-28-39-15-3-9-21-45(39)59(54)61-47-23-11-6-18-42(47)36-51(65(61)70)67(62)50-35-41-17-5-10-22-46(41)60-58-44-20-8-2-14-38(44)27-31-53(58)68(55)64(50)60/h1-36H. The normalized spacial score (nSPS) is 13.1. The predicted octanol–water partition coefficient (Wildman–Crippen LogP) is 15.0. The van der Waals surface area contributed by atoms with E-state index in [4.69, 9.17) is 0 Å². The second-order valence-corrected chi connectivity index (χ2v) is 19.9. The zero-order valence-corrected chi connectivity index (χ0v) is 37.7. The quantitative estimate of drug-likeness (QED) is 0.146. The number of hydrogen-bond donors (Lipinski definition) is 0. The lowest BCUT2D eigenvalue weighted by molar-refractivity contribution is 1.09. The van der Waals surface area contributed by atoms with E-state index < -0.39 is 0 Å². The Morgan fingerprint density at radius 2 is 0.643 bits per heavy atom. The van der Waals surface area contributed by atoms with Gasteiger partial charge in [0.25, 0.3) is 6.71 Å². The molecule has 0 radical (unpaired) electrons. The first-order valence-electron chi connectivity index (χ1n) is 24.6. The van der Waals surface area contributed by atoms with E-state index in [9.17, 15) is 0 Å². The Bertz CT molecular complexity index is 5140. The van der Waals surface area contributed by atoms with Gasteiger partial charge in [-0.15, -0.1) is 0 Å². The van der Waals surface area contributed by atoms with E-state index in [1.807, 2.05) is 0 Å². The Balaban J connectivity index is 1.13. The van der Waals surface area contributed by atoms with Crippen LogP contribution in [0.1, 0.15) is 0 Å². The zero-order valence-electron chi connectivity index (χ0n) is 37.7. The van der Waals surface area contributed by atoms with E-state index in [1.165, 1.54) is 164 Å². The Labute approximate surface area is 400 Å². The smallest absolute Gasteiger partial charge is 0.252 e. The number of nitrogens with zero attached hydrogens (tertiary/aromatic N) is 3. The Kier molecular flexibility index (Phi) is 6.43. The third-order valence-electron chi connectivity index (χ3n) is 16.7. The van der Waals surface area contributed by atoms with Gasteiger partial charge in [0.15, 0.2) is 0 Å². The first-order valence-corrected chi connectivity index (χ1v) is 24.6. The van der Waals surface area contributed by atoms with E-state index in [2.05, 4.69) is 232 Å². The molecule has 3 nitrogen and oxygen atoms in total. The molecule has 0 unspecified atom stereocenters. The Morgan fingerprint density at radius 1 is 0.257 bits per heavy atom. The molecule has 0 atom stereocenters. The molecule has 318 valence electrons. The second kappa shape index (κ2) is 12.5. The van der Waals surface area contributed by atoms with Crippen molar-refractivity contribution >= 4 is 153 Å². The van der Waals surface area contributed by atoms with Crippen LogP contribution in [0.2, 0.25) is 0 Å². The molecule has 0 fully saturated rings. The third kappa shape index (κ3) is 4.16. The van der Waals surface area contributed by atoms with Gasteiger partial charge in [0.2, 0.25) is 0 Å². The van der Waals surface area contributed by atoms with Crippen LogP contribution >= 0.6 is 0 Å². The van der Waals surface area contributed by atoms with E-state index >= 15 is 0 Å². The average Bonchev–Trinajstić information content (AvgIpc) is 4.09. The van der Waals surface area contributed by atoms with Gasteiger partial charge in [-0.3, -0.25) is 0 Å². The molecule has 4 heteroatoms. The molecule has 2 aliphatic rings. The van der Waals surface area contributed by atoms with Gasteiger partial charge in [-0.25, -0.2) is 0 Å². The average molecular weight is 882 g/mol. The van der Waals surface area contributed by atoms with Crippen LogP contribution in [-0.4, -0.2) is 20.4 Å². The maximum Gasteiger partial charge on any atom is 0.252 e. The molecule has 16 aromatic rings. The van der Waals surface area contributed by atoms with Crippen molar-refractivity contribution in [1.29, 1.82) is 0 Å². The molecule has 3 aromatic heterocycles. The van der Waals surface area contributed by atoms with Gasteiger partial charge in [0.1, 0.15) is 0 Å². The summed E-state index contributed by atoms with van der Waals surface area (Å²) in [4.78, 5) is 0. The van der Waals surface area contributed by atoms with Crippen molar-refractivity contribution in [3.05, 3.63) is 218 Å². The van der Waals surface area contributed by atoms with Crippen molar-refractivity contribution in [3.63, 3.8) is 0 Å². The highest BCUT2D eigenvalue weighted by molar-refractivity contribution is 7.01. The monoisotopic (exact) mass is 881 g/mol. The molecule has 0 amide bonds. The van der Waals surface area contributed by atoms with Crippen molar-refractivity contribution in [2.45, 2.75) is 0 Å². The van der Waals surface area contributed by atoms with Crippen LogP contribution in [0.25, 0.3) is 147 Å². The van der Waals surface area contributed by atoms with Crippen molar-refractivity contribution in [2.75, 3.05) is 0 Å². The van der Waals surface area contributed by atoms with Gasteiger partial charge in [0.05, 0.1) is 44.5 Å². The third-order valence-corrected chi connectivity index (χ3v) is 16.7. The number of aromatic nitrogens is 3. The fourth-order valence-electron chi connectivity index (χ4n) is 14.0. The summed E-state index contributed by atoms with van der Waals surface area (Å²) in [6.45, 7) is -0.0685. The molecule has 13 aromatic carbocycles. The Hall–Kier alpha value is -9.12. The molecule has 0 saturated carbocycles. The minimum atomic E-state index is -0.0685. The summed E-state index contributed by atoms with van der Waals surface area (Å²) in [5.41, 5.74) is 15.3. The minimum absolute atomic E-state index is 0.0685. The molecule has 0 aliphatic carbocycles. The zero-order chi connectivity index (χ0) is 45.1. The van der Waals surface area contributed by atoms with E-state index in [0.29, 0.717) is 0 Å². The number of benzene rings is 13. The first-order chi connectivity index (χ1) is 34.8. The van der Waals surface area contributed by atoms with Gasteiger partial charge < -0.3 is 13.7 Å². The van der Waals surface area contributed by atoms with Crippen molar-refractivity contribution in [2.24, 2.45) is 0 Å². The molecule has 70 heavy (non-hydrogen) atoms. The molecule has 0 spiro atoms. The summed E-state index contributed by atoms with van der Waals surface area (Å²) >= 11 is 0. The lowest BCUT2D eigenvalue weighted by atomic mass is 9.34. The van der Waals surface area contributed by atoms with Gasteiger partial charge in [-0.2, -0.15) is 0 Å². The Morgan fingerprint density at radius 3 is 1.20 bits per heavy atom. The summed E-state index contributed by atoms with van der Waals surface area (Å²) in [7, 11) is 0. The highest BCUT2D eigenvalue weighted by Crippen LogP contribution is 2.48. The second-order valence-electron chi connectivity index (χ2n) is 19.9. The summed E-state index contributed by atoms with van der Waals surface area (Å²) < 4.78 is 8.00. The fourth-order valence-corrected chi connectivity index (χ4v) is 14.0. The van der Waals surface area contributed by atoms with E-state index in [-0.39, 0.29) is 6.71 Å². The summed E-state index contributed by atoms with van der Waals surface area (Å²) in [6, 6.07) is 83.1. The highest BCUT2D eigenvalue weighted by Gasteiger charge is 2.43. The molecule has 5 heterocycles. The van der Waals surface area contributed by atoms with Gasteiger partial charge >= 0.3 is 0 Å². The van der Waals surface area contributed by atoms with Crippen molar-refractivity contribution < 1.29 is 0 Å². The fraction of sp³-hybridized carbons (Fsp3) is 0. The molecule has 0 bridgehead atoms. The summed E-state index contributed by atoms with van der Waals surface area (Å²) in [5, 5.41) is 23.1. The molecule has 0 saturated heterocycles. The summed E-state index contributed by atoms with van der Waals surface area (Å²) in [6.07, 6.45) is 0. The molecule has 18 rings (SSSR count). The van der Waals surface area contributed by atoms with Crippen molar-refractivity contribution in [3.8, 4) is 17.1 Å². The number of fused-ring (bicyclic) bond motifs is 25. The van der Waals surface area contributed by atoms with Crippen LogP contribution in [-0.2, 0) is 0 Å². The molecule has 2 aliphatic heterocycles. The van der Waals surface area contributed by atoms with E-state index in [1.54, 1.807) is 0 Å². The molecular weight excluding hydrogens is 846 g/mol. The van der Waals surface area contributed by atoms with Crippen molar-refractivity contribution in [1.82, 2.24) is 13.7 Å². The number of rotatable bonds is 1. The van der Waals surface area contributed by atoms with Crippen LogP contribution in [0.15, 0.2) is 218 Å². The lowest BCUT2D eigenvalue weighted by Crippen LogP contribution is -2.59. The predicted molar refractivity (Wildman–Crippen MR) is 299 cm³/mol. The number of hydrogen-bond acceptors (Lipinski definition) is 0. The van der Waals surface area contributed by atoms with Gasteiger partial charge in [-0.1, -0.05) is 188 Å². The van der Waals surface area contributed by atoms with Crippen LogP contribution in [0.4, 0.5) is 0 Å². The lowest BCUT2D eigenvalue weighted by Gasteiger charge is -2.35. The van der Waals surface area contributed by atoms with Crippen LogP contribution in [0.3, 0.4) is 0 Å². The highest BCUT2D eigenvalue weighted by atomic mass is 15.1. The molecule has 0 N–H and O–H groups in total. The SMILES string of the molecule is c1ccc2c(c1)ccc1c2c2c3ccccc3cc3c2n1-c1ccc(-n2c4ccc5ccccc5c4c4ccc5ccccc5c42)c2c1B3c1cc3ccccc3c3c4c5ccccc5ccc4n-2c13. The molecular formula is C66H36BN3. The topological polar surface area (TPSA) is 14.8 Å². The maximum atomic E-state index is 2.71. The van der Waals surface area contributed by atoms with Crippen LogP contribution in [0.5, 0.6) is 0 Å². The minimum Gasteiger partial charge on any atom is -0.310 e. The van der Waals surface area contributed by atoms with Crippen LogP contribution < -0.4 is 16.4 Å². The van der Waals surface area contributed by atoms with Gasteiger partial charge in [-0.05, 0) is 106 Å².